The van der Waals surface area contributed by atoms with Gasteiger partial charge >= 0.3 is 0 Å². The van der Waals surface area contributed by atoms with Crippen molar-refractivity contribution in [3.05, 3.63) is 140 Å². The van der Waals surface area contributed by atoms with Gasteiger partial charge in [0, 0.05) is 16.2 Å². The summed E-state index contributed by atoms with van der Waals surface area (Å²) in [5.41, 5.74) is 9.04. The summed E-state index contributed by atoms with van der Waals surface area (Å²) >= 11 is 0. The Morgan fingerprint density at radius 3 is 1.83 bits per heavy atom. The van der Waals surface area contributed by atoms with Crippen LogP contribution in [0.2, 0.25) is 0 Å². The molecule has 0 bridgehead atoms. The lowest BCUT2D eigenvalue weighted by Gasteiger charge is -2.14. The number of para-hydroxylation sites is 1. The minimum Gasteiger partial charge on any atom is -0.309 e. The monoisotopic (exact) mass is 517 g/mol. The van der Waals surface area contributed by atoms with Crippen molar-refractivity contribution in [1.82, 2.24) is 4.57 Å². The van der Waals surface area contributed by atoms with Crippen LogP contribution >= 0.6 is 0 Å². The Kier molecular flexibility index (Phi) is 3.98. The summed E-state index contributed by atoms with van der Waals surface area (Å²) in [7, 11) is 0. The van der Waals surface area contributed by atoms with Gasteiger partial charge < -0.3 is 4.57 Å². The summed E-state index contributed by atoms with van der Waals surface area (Å²) < 4.78 is 2.49. The second-order valence-corrected chi connectivity index (χ2v) is 11.3. The summed E-state index contributed by atoms with van der Waals surface area (Å²) in [5.74, 6) is 0. The van der Waals surface area contributed by atoms with Crippen LogP contribution in [0.5, 0.6) is 0 Å². The lowest BCUT2D eigenvalue weighted by atomic mass is 9.94. The first-order chi connectivity index (χ1) is 20.4. The summed E-state index contributed by atoms with van der Waals surface area (Å²) in [6, 6.07) is 51.7. The number of nitrogens with zero attached hydrogens (tertiary/aromatic N) is 1. The van der Waals surface area contributed by atoms with Gasteiger partial charge in [-0.25, -0.2) is 0 Å². The molecule has 0 radical (unpaired) electrons. The molecule has 0 N–H and O–H groups in total. The zero-order chi connectivity index (χ0) is 26.7. The molecule has 41 heavy (non-hydrogen) atoms. The van der Waals surface area contributed by atoms with Crippen LogP contribution in [0.25, 0.3) is 92.8 Å². The summed E-state index contributed by atoms with van der Waals surface area (Å²) in [6.07, 6.45) is 0. The van der Waals surface area contributed by atoms with E-state index >= 15 is 0 Å². The molecule has 0 fully saturated rings. The van der Waals surface area contributed by atoms with Crippen molar-refractivity contribution in [3.63, 3.8) is 0 Å². The molecule has 1 aliphatic carbocycles. The van der Waals surface area contributed by atoms with Crippen molar-refractivity contribution in [2.45, 2.75) is 0 Å². The molecule has 1 aliphatic rings. The van der Waals surface area contributed by atoms with E-state index in [0.29, 0.717) is 0 Å². The molecule has 0 saturated heterocycles. The molecule has 0 aliphatic heterocycles. The van der Waals surface area contributed by atoms with E-state index in [1.54, 1.807) is 0 Å². The van der Waals surface area contributed by atoms with Gasteiger partial charge in [0.15, 0.2) is 0 Å². The van der Waals surface area contributed by atoms with Crippen LogP contribution in [0.1, 0.15) is 0 Å². The molecular weight excluding hydrogens is 494 g/mol. The fourth-order valence-electron chi connectivity index (χ4n) is 7.63. The standard InChI is InChI=1S/C40H23N/c1-2-9-26-24(8-1)16-17-25-18-19-32-31(38(25)26)21-23-37-40(32)34-12-5-6-15-35(34)41(37)36-22-20-30-28-11-4-3-10-27(28)29-13-7-14-33(36)39(29)30/h1-23H. The van der Waals surface area contributed by atoms with Crippen molar-refractivity contribution >= 4 is 64.9 Å². The highest BCUT2D eigenvalue weighted by Gasteiger charge is 2.24. The molecule has 1 nitrogen and oxygen atoms in total. The first-order valence-electron chi connectivity index (χ1n) is 14.3. The molecule has 1 heteroatoms. The van der Waals surface area contributed by atoms with Crippen molar-refractivity contribution < 1.29 is 0 Å². The van der Waals surface area contributed by atoms with E-state index in [0.717, 1.165) is 0 Å². The Bertz CT molecular complexity index is 2550. The van der Waals surface area contributed by atoms with Gasteiger partial charge in [0.05, 0.1) is 16.7 Å². The molecule has 0 saturated carbocycles. The molecule has 8 aromatic carbocycles. The average molecular weight is 518 g/mol. The highest BCUT2D eigenvalue weighted by Crippen LogP contribution is 2.49. The fraction of sp³-hybridized carbons (Fsp3) is 0. The summed E-state index contributed by atoms with van der Waals surface area (Å²) in [6.45, 7) is 0. The first kappa shape index (κ1) is 21.4. The highest BCUT2D eigenvalue weighted by atomic mass is 15.0. The zero-order valence-electron chi connectivity index (χ0n) is 22.2. The Balaban J connectivity index is 1.36. The topological polar surface area (TPSA) is 4.93 Å². The number of rotatable bonds is 1. The third-order valence-electron chi connectivity index (χ3n) is 9.30. The van der Waals surface area contributed by atoms with E-state index in [1.807, 2.05) is 0 Å². The van der Waals surface area contributed by atoms with Crippen LogP contribution in [-0.4, -0.2) is 4.57 Å². The molecule has 0 amide bonds. The number of hydrogen-bond acceptors (Lipinski definition) is 0. The van der Waals surface area contributed by atoms with Crippen LogP contribution in [-0.2, 0) is 0 Å². The van der Waals surface area contributed by atoms with E-state index in [9.17, 15) is 0 Å². The molecule has 1 heterocycles. The van der Waals surface area contributed by atoms with Gasteiger partial charge in [-0.05, 0) is 78.2 Å². The van der Waals surface area contributed by atoms with Gasteiger partial charge in [-0.15, -0.1) is 0 Å². The van der Waals surface area contributed by atoms with E-state index in [2.05, 4.69) is 144 Å². The van der Waals surface area contributed by atoms with Crippen LogP contribution < -0.4 is 0 Å². The number of fused-ring (bicyclic) bond motifs is 12. The van der Waals surface area contributed by atoms with Crippen molar-refractivity contribution in [1.29, 1.82) is 0 Å². The maximum absolute atomic E-state index is 2.49. The van der Waals surface area contributed by atoms with Gasteiger partial charge in [0.25, 0.3) is 0 Å². The lowest BCUT2D eigenvalue weighted by Crippen LogP contribution is -1.95. The minimum absolute atomic E-state index is 1.23. The maximum atomic E-state index is 2.49. The molecule has 0 atom stereocenters. The molecule has 0 unspecified atom stereocenters. The number of aromatic nitrogens is 1. The molecule has 0 spiro atoms. The SMILES string of the molecule is c1ccc2c(c1)-c1cccc3c(-n4c5ccccc5c5c6ccc7ccc8ccccc8c7c6ccc54)ccc-2c13. The second-order valence-electron chi connectivity index (χ2n) is 11.3. The van der Waals surface area contributed by atoms with E-state index in [-0.39, 0.29) is 0 Å². The van der Waals surface area contributed by atoms with Crippen LogP contribution in [0.15, 0.2) is 140 Å². The normalized spacial score (nSPS) is 12.4. The fourth-order valence-corrected chi connectivity index (χ4v) is 7.63. The Hall–Kier alpha value is -5.40. The van der Waals surface area contributed by atoms with E-state index in [4.69, 9.17) is 0 Å². The number of benzene rings is 8. The van der Waals surface area contributed by atoms with Crippen molar-refractivity contribution in [2.75, 3.05) is 0 Å². The minimum atomic E-state index is 1.23. The maximum Gasteiger partial charge on any atom is 0.0547 e. The third-order valence-corrected chi connectivity index (χ3v) is 9.30. The van der Waals surface area contributed by atoms with Crippen LogP contribution in [0.4, 0.5) is 0 Å². The molecule has 188 valence electrons. The van der Waals surface area contributed by atoms with Gasteiger partial charge in [0.1, 0.15) is 0 Å². The summed E-state index contributed by atoms with van der Waals surface area (Å²) in [5, 5.41) is 13.1. The predicted molar refractivity (Wildman–Crippen MR) is 175 cm³/mol. The molecule has 1 aromatic heterocycles. The second kappa shape index (κ2) is 7.62. The van der Waals surface area contributed by atoms with Gasteiger partial charge in [0.2, 0.25) is 0 Å². The Morgan fingerprint density at radius 2 is 0.927 bits per heavy atom. The largest absolute Gasteiger partial charge is 0.309 e. The van der Waals surface area contributed by atoms with E-state index in [1.165, 1.54) is 92.8 Å². The zero-order valence-corrected chi connectivity index (χ0v) is 22.2. The predicted octanol–water partition coefficient (Wildman–Crippen LogP) is 11.0. The Labute approximate surface area is 236 Å². The van der Waals surface area contributed by atoms with Gasteiger partial charge in [-0.1, -0.05) is 121 Å². The van der Waals surface area contributed by atoms with Crippen molar-refractivity contribution in [3.8, 4) is 27.9 Å². The van der Waals surface area contributed by atoms with Crippen LogP contribution in [0, 0.1) is 0 Å². The quantitative estimate of drug-likeness (QED) is 0.191. The third kappa shape index (κ3) is 2.66. The van der Waals surface area contributed by atoms with Gasteiger partial charge in [-0.3, -0.25) is 0 Å². The Morgan fingerprint density at radius 1 is 0.293 bits per heavy atom. The number of hydrogen-bond donors (Lipinski definition) is 0. The highest BCUT2D eigenvalue weighted by molar-refractivity contribution is 6.29. The molecule has 9 aromatic rings. The average Bonchev–Trinajstić information content (AvgIpc) is 3.55. The molecule has 10 rings (SSSR count). The summed E-state index contributed by atoms with van der Waals surface area (Å²) in [4.78, 5) is 0. The van der Waals surface area contributed by atoms with Crippen molar-refractivity contribution in [2.24, 2.45) is 0 Å². The van der Waals surface area contributed by atoms with E-state index < -0.39 is 0 Å². The smallest absolute Gasteiger partial charge is 0.0547 e. The first-order valence-corrected chi connectivity index (χ1v) is 14.3. The van der Waals surface area contributed by atoms with Crippen LogP contribution in [0.3, 0.4) is 0 Å². The molecular formula is C40H23N. The lowest BCUT2D eigenvalue weighted by molar-refractivity contribution is 1.20. The van der Waals surface area contributed by atoms with Gasteiger partial charge in [-0.2, -0.15) is 0 Å².